The molecule has 1 aliphatic rings. The second kappa shape index (κ2) is 9.40. The number of nitrogens with zero attached hydrogens (tertiary/aromatic N) is 4. The van der Waals surface area contributed by atoms with Gasteiger partial charge in [-0.05, 0) is 30.3 Å². The monoisotopic (exact) mass is 469 g/mol. The molecular formula is C22H24BrN5O2. The van der Waals surface area contributed by atoms with Gasteiger partial charge in [0.2, 0.25) is 5.91 Å². The maximum Gasteiger partial charge on any atom is 0.226 e. The highest BCUT2D eigenvalue weighted by molar-refractivity contribution is 9.10. The molecule has 0 saturated carbocycles. The van der Waals surface area contributed by atoms with Gasteiger partial charge in [-0.1, -0.05) is 34.1 Å². The van der Waals surface area contributed by atoms with Gasteiger partial charge in [0.15, 0.2) is 0 Å². The van der Waals surface area contributed by atoms with E-state index in [1.54, 1.807) is 0 Å². The minimum Gasteiger partial charge on any atom is -0.493 e. The maximum absolute atomic E-state index is 12.5. The zero-order valence-electron chi connectivity index (χ0n) is 16.6. The summed E-state index contributed by atoms with van der Waals surface area (Å²) < 4.78 is 6.64. The van der Waals surface area contributed by atoms with Crippen molar-refractivity contribution in [3.8, 4) is 5.75 Å². The molecule has 3 aromatic rings. The number of benzene rings is 2. The Labute approximate surface area is 184 Å². The van der Waals surface area contributed by atoms with Crippen LogP contribution >= 0.6 is 15.9 Å². The van der Waals surface area contributed by atoms with Crippen LogP contribution in [0.5, 0.6) is 5.75 Å². The molecule has 1 amide bonds. The van der Waals surface area contributed by atoms with Crippen molar-refractivity contribution in [3.05, 3.63) is 58.8 Å². The Balaban J connectivity index is 1.25. The lowest BCUT2D eigenvalue weighted by molar-refractivity contribution is -0.133. The smallest absolute Gasteiger partial charge is 0.226 e. The highest BCUT2D eigenvalue weighted by atomic mass is 79.9. The number of aromatic nitrogens is 2. The van der Waals surface area contributed by atoms with Crippen molar-refractivity contribution in [2.45, 2.75) is 13.0 Å². The number of rotatable bonds is 6. The van der Waals surface area contributed by atoms with E-state index in [-0.39, 0.29) is 5.91 Å². The standard InChI is InChI=1S/C22H24BrN5O2/c23-16-4-3-5-17(14-16)30-13-8-21(29)28-11-9-27(10-12-28)15-20-25-19-7-2-1-6-18(19)22(24)26-20/h1-7,14H,8-13,15H2,(H2,24,25,26). The largest absolute Gasteiger partial charge is 0.493 e. The van der Waals surface area contributed by atoms with Crippen LogP contribution in [-0.2, 0) is 11.3 Å². The molecule has 1 aromatic heterocycles. The number of carbonyl (C=O) groups is 1. The molecule has 0 bridgehead atoms. The summed E-state index contributed by atoms with van der Waals surface area (Å²) in [6.45, 7) is 3.96. The first kappa shape index (κ1) is 20.6. The Morgan fingerprint density at radius 1 is 1.07 bits per heavy atom. The predicted octanol–water partition coefficient (Wildman–Crippen LogP) is 3.09. The maximum atomic E-state index is 12.5. The fraction of sp³-hybridized carbons (Fsp3) is 0.318. The van der Waals surface area contributed by atoms with E-state index in [4.69, 9.17) is 10.5 Å². The van der Waals surface area contributed by atoms with E-state index in [1.165, 1.54) is 0 Å². The Morgan fingerprint density at radius 2 is 1.87 bits per heavy atom. The molecule has 2 aromatic carbocycles. The van der Waals surface area contributed by atoms with E-state index in [2.05, 4.69) is 30.8 Å². The lowest BCUT2D eigenvalue weighted by Crippen LogP contribution is -2.48. The minimum atomic E-state index is 0.121. The number of para-hydroxylation sites is 1. The van der Waals surface area contributed by atoms with E-state index in [0.29, 0.717) is 44.3 Å². The number of piperazine rings is 1. The van der Waals surface area contributed by atoms with Gasteiger partial charge in [-0.15, -0.1) is 0 Å². The number of carbonyl (C=O) groups excluding carboxylic acids is 1. The van der Waals surface area contributed by atoms with Gasteiger partial charge in [-0.2, -0.15) is 0 Å². The van der Waals surface area contributed by atoms with Gasteiger partial charge in [0, 0.05) is 36.0 Å². The normalized spacial score (nSPS) is 14.8. The van der Waals surface area contributed by atoms with Crippen LogP contribution in [0.3, 0.4) is 0 Å². The van der Waals surface area contributed by atoms with Gasteiger partial charge >= 0.3 is 0 Å². The van der Waals surface area contributed by atoms with Crippen LogP contribution in [-0.4, -0.2) is 58.5 Å². The Morgan fingerprint density at radius 3 is 2.67 bits per heavy atom. The second-order valence-electron chi connectivity index (χ2n) is 7.25. The molecule has 2 heterocycles. The fourth-order valence-corrected chi connectivity index (χ4v) is 3.93. The molecular weight excluding hydrogens is 446 g/mol. The number of amides is 1. The highest BCUT2D eigenvalue weighted by Gasteiger charge is 2.22. The number of nitrogen functional groups attached to an aromatic ring is 1. The average Bonchev–Trinajstić information content (AvgIpc) is 2.74. The summed E-state index contributed by atoms with van der Waals surface area (Å²) in [5.41, 5.74) is 6.94. The summed E-state index contributed by atoms with van der Waals surface area (Å²) in [6, 6.07) is 15.4. The number of halogens is 1. The van der Waals surface area contributed by atoms with Crippen LogP contribution in [0.2, 0.25) is 0 Å². The summed E-state index contributed by atoms with van der Waals surface area (Å²) in [7, 11) is 0. The summed E-state index contributed by atoms with van der Waals surface area (Å²) in [5.74, 6) is 2.11. The predicted molar refractivity (Wildman–Crippen MR) is 120 cm³/mol. The van der Waals surface area contributed by atoms with Crippen LogP contribution in [0, 0.1) is 0 Å². The van der Waals surface area contributed by atoms with Gasteiger partial charge in [-0.3, -0.25) is 9.69 Å². The number of nitrogens with two attached hydrogens (primary N) is 1. The van der Waals surface area contributed by atoms with Crippen molar-refractivity contribution in [3.63, 3.8) is 0 Å². The first-order valence-corrected chi connectivity index (χ1v) is 10.8. The van der Waals surface area contributed by atoms with Crippen LogP contribution in [0.4, 0.5) is 5.82 Å². The van der Waals surface area contributed by atoms with Gasteiger partial charge in [0.05, 0.1) is 25.1 Å². The quantitative estimate of drug-likeness (QED) is 0.596. The Bertz CT molecular complexity index is 1040. The van der Waals surface area contributed by atoms with E-state index in [9.17, 15) is 4.79 Å². The molecule has 1 saturated heterocycles. The molecule has 0 spiro atoms. The Hall–Kier alpha value is -2.71. The van der Waals surface area contributed by atoms with Gasteiger partial charge in [-0.25, -0.2) is 9.97 Å². The van der Waals surface area contributed by atoms with E-state index >= 15 is 0 Å². The molecule has 1 aliphatic heterocycles. The van der Waals surface area contributed by atoms with E-state index in [1.807, 2.05) is 53.4 Å². The van der Waals surface area contributed by atoms with Crippen molar-refractivity contribution in [1.82, 2.24) is 19.8 Å². The fourth-order valence-electron chi connectivity index (χ4n) is 3.55. The van der Waals surface area contributed by atoms with Crippen molar-refractivity contribution >= 4 is 38.6 Å². The van der Waals surface area contributed by atoms with Gasteiger partial charge in [0.1, 0.15) is 17.4 Å². The van der Waals surface area contributed by atoms with Crippen molar-refractivity contribution in [1.29, 1.82) is 0 Å². The van der Waals surface area contributed by atoms with Crippen LogP contribution in [0.15, 0.2) is 53.0 Å². The third-order valence-electron chi connectivity index (χ3n) is 5.15. The third kappa shape index (κ3) is 5.06. The Kier molecular flexibility index (Phi) is 6.44. The molecule has 2 N–H and O–H groups in total. The summed E-state index contributed by atoms with van der Waals surface area (Å²) in [6.07, 6.45) is 0.372. The number of fused-ring (bicyclic) bond motifs is 1. The van der Waals surface area contributed by atoms with Gasteiger partial charge < -0.3 is 15.4 Å². The number of ether oxygens (including phenoxy) is 1. The zero-order valence-corrected chi connectivity index (χ0v) is 18.2. The minimum absolute atomic E-state index is 0.121. The van der Waals surface area contributed by atoms with Crippen molar-refractivity contribution in [2.75, 3.05) is 38.5 Å². The topological polar surface area (TPSA) is 84.6 Å². The molecule has 156 valence electrons. The summed E-state index contributed by atoms with van der Waals surface area (Å²) in [4.78, 5) is 25.7. The first-order chi connectivity index (χ1) is 14.6. The molecule has 0 aliphatic carbocycles. The molecule has 4 rings (SSSR count). The van der Waals surface area contributed by atoms with Crippen molar-refractivity contribution in [2.24, 2.45) is 0 Å². The zero-order chi connectivity index (χ0) is 20.9. The van der Waals surface area contributed by atoms with E-state index < -0.39 is 0 Å². The third-order valence-corrected chi connectivity index (χ3v) is 5.64. The summed E-state index contributed by atoms with van der Waals surface area (Å²) in [5, 5.41) is 0.877. The average molecular weight is 470 g/mol. The van der Waals surface area contributed by atoms with Crippen LogP contribution < -0.4 is 10.5 Å². The number of anilines is 1. The number of hydrogen-bond donors (Lipinski definition) is 1. The molecule has 0 radical (unpaired) electrons. The van der Waals surface area contributed by atoms with E-state index in [0.717, 1.165) is 34.2 Å². The molecule has 7 nitrogen and oxygen atoms in total. The molecule has 0 unspecified atom stereocenters. The lowest BCUT2D eigenvalue weighted by atomic mass is 10.2. The summed E-state index contributed by atoms with van der Waals surface area (Å²) >= 11 is 3.41. The van der Waals surface area contributed by atoms with Crippen LogP contribution in [0.1, 0.15) is 12.2 Å². The highest BCUT2D eigenvalue weighted by Crippen LogP contribution is 2.19. The molecule has 1 fully saturated rings. The lowest BCUT2D eigenvalue weighted by Gasteiger charge is -2.34. The SMILES string of the molecule is Nc1nc(CN2CCN(C(=O)CCOc3cccc(Br)c3)CC2)nc2ccccc12. The molecule has 8 heteroatoms. The van der Waals surface area contributed by atoms with Crippen molar-refractivity contribution < 1.29 is 9.53 Å². The second-order valence-corrected chi connectivity index (χ2v) is 8.17. The molecule has 30 heavy (non-hydrogen) atoms. The van der Waals surface area contributed by atoms with Gasteiger partial charge in [0.25, 0.3) is 0 Å². The molecule has 0 atom stereocenters. The first-order valence-electron chi connectivity index (χ1n) is 9.98. The van der Waals surface area contributed by atoms with Crippen LogP contribution in [0.25, 0.3) is 10.9 Å². The number of hydrogen-bond acceptors (Lipinski definition) is 6.